The summed E-state index contributed by atoms with van der Waals surface area (Å²) < 4.78 is 0. The van der Waals surface area contributed by atoms with E-state index < -0.39 is 0 Å². The summed E-state index contributed by atoms with van der Waals surface area (Å²) in [5.41, 5.74) is 0. The third kappa shape index (κ3) is 6.58. The molecule has 1 rings (SSSR count). The first-order chi connectivity index (χ1) is 9.54. The molecule has 0 aromatic rings. The molecule has 0 amide bonds. The molecule has 0 radical (unpaired) electrons. The van der Waals surface area contributed by atoms with E-state index in [1.54, 1.807) is 0 Å². The minimum absolute atomic E-state index is 0.655. The van der Waals surface area contributed by atoms with Crippen molar-refractivity contribution < 1.29 is 0 Å². The summed E-state index contributed by atoms with van der Waals surface area (Å²) in [6.07, 6.45) is 8.32. The summed E-state index contributed by atoms with van der Waals surface area (Å²) in [6.45, 7) is 15.4. The summed E-state index contributed by atoms with van der Waals surface area (Å²) in [6, 6.07) is 1.51. The Morgan fingerprint density at radius 1 is 1.10 bits per heavy atom. The van der Waals surface area contributed by atoms with Gasteiger partial charge >= 0.3 is 0 Å². The summed E-state index contributed by atoms with van der Waals surface area (Å²) >= 11 is 0. The molecule has 0 aliphatic heterocycles. The van der Waals surface area contributed by atoms with Crippen LogP contribution in [0.15, 0.2) is 0 Å². The molecule has 0 aromatic carbocycles. The lowest BCUT2D eigenvalue weighted by atomic mass is 10.0. The zero-order chi connectivity index (χ0) is 15.0. The van der Waals surface area contributed by atoms with Gasteiger partial charge in [0.15, 0.2) is 0 Å². The van der Waals surface area contributed by atoms with E-state index in [1.807, 2.05) is 0 Å². The highest BCUT2D eigenvalue weighted by Gasteiger charge is 2.25. The third-order valence-corrected chi connectivity index (χ3v) is 4.73. The van der Waals surface area contributed by atoms with Gasteiger partial charge < -0.3 is 5.32 Å². The predicted octanol–water partition coefficient (Wildman–Crippen LogP) is 4.30. The van der Waals surface area contributed by atoms with Crippen LogP contribution in [0.3, 0.4) is 0 Å². The van der Waals surface area contributed by atoms with Crippen LogP contribution in [-0.2, 0) is 0 Å². The minimum atomic E-state index is 0.655. The van der Waals surface area contributed by atoms with Crippen LogP contribution < -0.4 is 5.32 Å². The minimum Gasteiger partial charge on any atom is -0.312 e. The summed E-state index contributed by atoms with van der Waals surface area (Å²) in [4.78, 5) is 2.81. The van der Waals surface area contributed by atoms with Gasteiger partial charge in [0.1, 0.15) is 0 Å². The van der Waals surface area contributed by atoms with Gasteiger partial charge in [-0.05, 0) is 50.6 Å². The first-order valence-electron chi connectivity index (χ1n) is 9.02. The van der Waals surface area contributed by atoms with Crippen LogP contribution in [0, 0.1) is 11.8 Å². The average Bonchev–Trinajstić information content (AvgIpc) is 2.91. The van der Waals surface area contributed by atoms with Crippen LogP contribution in [-0.4, -0.2) is 36.6 Å². The van der Waals surface area contributed by atoms with Crippen LogP contribution in [0.4, 0.5) is 0 Å². The molecular formula is C18H38N2. The maximum absolute atomic E-state index is 3.77. The Kier molecular flexibility index (Phi) is 8.79. The van der Waals surface area contributed by atoms with Gasteiger partial charge in [-0.3, -0.25) is 4.90 Å². The van der Waals surface area contributed by atoms with E-state index >= 15 is 0 Å². The molecule has 0 heterocycles. The molecule has 1 N–H and O–H groups in total. The van der Waals surface area contributed by atoms with Crippen molar-refractivity contribution in [3.63, 3.8) is 0 Å². The molecule has 0 bridgehead atoms. The number of hydrogen-bond donors (Lipinski definition) is 1. The van der Waals surface area contributed by atoms with Crippen molar-refractivity contribution in [2.45, 2.75) is 85.2 Å². The maximum Gasteiger partial charge on any atom is 0.0218 e. The first kappa shape index (κ1) is 18.0. The Hall–Kier alpha value is -0.0800. The summed E-state index contributed by atoms with van der Waals surface area (Å²) in [7, 11) is 0. The average molecular weight is 283 g/mol. The van der Waals surface area contributed by atoms with Gasteiger partial charge in [0.05, 0.1) is 0 Å². The van der Waals surface area contributed by atoms with Crippen molar-refractivity contribution >= 4 is 0 Å². The monoisotopic (exact) mass is 282 g/mol. The molecule has 120 valence electrons. The molecule has 20 heavy (non-hydrogen) atoms. The van der Waals surface area contributed by atoms with Gasteiger partial charge in [0.2, 0.25) is 0 Å². The lowest BCUT2D eigenvalue weighted by Crippen LogP contribution is -2.48. The van der Waals surface area contributed by atoms with E-state index in [0.717, 1.165) is 24.4 Å². The molecule has 1 aliphatic rings. The van der Waals surface area contributed by atoms with Crippen molar-refractivity contribution in [2.24, 2.45) is 11.8 Å². The standard InChI is InChI=1S/C18H38N2/c1-6-12-19-18(16(4)5)14-20(13-11-15(2)3)17-9-7-8-10-17/h15-19H,6-14H2,1-5H3. The van der Waals surface area contributed by atoms with E-state index in [2.05, 4.69) is 44.8 Å². The largest absolute Gasteiger partial charge is 0.312 e. The number of nitrogens with zero attached hydrogens (tertiary/aromatic N) is 1. The Bertz CT molecular complexity index is 232. The second-order valence-corrected chi connectivity index (χ2v) is 7.42. The number of rotatable bonds is 10. The second kappa shape index (κ2) is 9.78. The van der Waals surface area contributed by atoms with E-state index in [-0.39, 0.29) is 0 Å². The van der Waals surface area contributed by atoms with Crippen LogP contribution in [0.2, 0.25) is 0 Å². The van der Waals surface area contributed by atoms with Crippen molar-refractivity contribution in [1.82, 2.24) is 10.2 Å². The molecule has 1 unspecified atom stereocenters. The highest BCUT2D eigenvalue weighted by Crippen LogP contribution is 2.25. The lowest BCUT2D eigenvalue weighted by Gasteiger charge is -2.35. The molecule has 1 fully saturated rings. The fourth-order valence-corrected chi connectivity index (χ4v) is 3.21. The normalized spacial score (nSPS) is 18.6. The summed E-state index contributed by atoms with van der Waals surface area (Å²) in [5.74, 6) is 1.55. The van der Waals surface area contributed by atoms with E-state index in [4.69, 9.17) is 0 Å². The molecule has 0 spiro atoms. The van der Waals surface area contributed by atoms with Gasteiger partial charge in [0, 0.05) is 18.6 Å². The molecule has 1 atom stereocenters. The highest BCUT2D eigenvalue weighted by molar-refractivity contribution is 4.83. The van der Waals surface area contributed by atoms with Gasteiger partial charge in [-0.15, -0.1) is 0 Å². The second-order valence-electron chi connectivity index (χ2n) is 7.42. The van der Waals surface area contributed by atoms with Crippen molar-refractivity contribution in [3.8, 4) is 0 Å². The Balaban J connectivity index is 2.54. The molecule has 1 saturated carbocycles. The SMILES string of the molecule is CCCNC(CN(CCC(C)C)C1CCCC1)C(C)C. The highest BCUT2D eigenvalue weighted by atomic mass is 15.2. The van der Waals surface area contributed by atoms with Crippen molar-refractivity contribution in [1.29, 1.82) is 0 Å². The van der Waals surface area contributed by atoms with Gasteiger partial charge in [-0.25, -0.2) is 0 Å². The number of hydrogen-bond acceptors (Lipinski definition) is 2. The molecule has 2 nitrogen and oxygen atoms in total. The Morgan fingerprint density at radius 2 is 1.75 bits per heavy atom. The van der Waals surface area contributed by atoms with E-state index in [9.17, 15) is 0 Å². The Morgan fingerprint density at radius 3 is 2.25 bits per heavy atom. The van der Waals surface area contributed by atoms with Crippen molar-refractivity contribution in [2.75, 3.05) is 19.6 Å². The maximum atomic E-state index is 3.77. The lowest BCUT2D eigenvalue weighted by molar-refractivity contribution is 0.155. The topological polar surface area (TPSA) is 15.3 Å². The zero-order valence-corrected chi connectivity index (χ0v) is 14.6. The molecule has 0 saturated heterocycles. The Labute approximate surface area is 127 Å². The van der Waals surface area contributed by atoms with Crippen molar-refractivity contribution in [3.05, 3.63) is 0 Å². The van der Waals surface area contributed by atoms with Crippen LogP contribution in [0.5, 0.6) is 0 Å². The first-order valence-corrected chi connectivity index (χ1v) is 9.02. The quantitative estimate of drug-likeness (QED) is 0.642. The van der Waals surface area contributed by atoms with E-state index in [1.165, 1.54) is 51.6 Å². The van der Waals surface area contributed by atoms with Gasteiger partial charge in [-0.2, -0.15) is 0 Å². The fraction of sp³-hybridized carbons (Fsp3) is 1.00. The summed E-state index contributed by atoms with van der Waals surface area (Å²) in [5, 5.41) is 3.77. The van der Waals surface area contributed by atoms with Gasteiger partial charge in [-0.1, -0.05) is 47.5 Å². The van der Waals surface area contributed by atoms with E-state index in [0.29, 0.717) is 6.04 Å². The smallest absolute Gasteiger partial charge is 0.0218 e. The molecule has 0 aromatic heterocycles. The predicted molar refractivity (Wildman–Crippen MR) is 90.2 cm³/mol. The molecular weight excluding hydrogens is 244 g/mol. The molecule has 1 aliphatic carbocycles. The third-order valence-electron chi connectivity index (χ3n) is 4.73. The fourth-order valence-electron chi connectivity index (χ4n) is 3.21. The van der Waals surface area contributed by atoms with Crippen LogP contribution in [0.1, 0.15) is 73.1 Å². The zero-order valence-electron chi connectivity index (χ0n) is 14.6. The van der Waals surface area contributed by atoms with Gasteiger partial charge in [0.25, 0.3) is 0 Å². The molecule has 2 heteroatoms. The van der Waals surface area contributed by atoms with Crippen LogP contribution in [0.25, 0.3) is 0 Å². The van der Waals surface area contributed by atoms with Crippen LogP contribution >= 0.6 is 0 Å². The number of nitrogens with one attached hydrogen (secondary N) is 1.